The van der Waals surface area contributed by atoms with E-state index in [1.165, 1.54) is 18.2 Å². The Bertz CT molecular complexity index is 1100. The highest BCUT2D eigenvalue weighted by Gasteiger charge is 2.54. The molecule has 2 aromatic carbocycles. The molecule has 0 fully saturated rings. The second-order valence-electron chi connectivity index (χ2n) is 7.63. The molecule has 0 aromatic heterocycles. The Labute approximate surface area is 204 Å². The lowest BCUT2D eigenvalue weighted by Gasteiger charge is -2.23. The molecule has 0 saturated carbocycles. The molecule has 0 spiro atoms. The SMILES string of the molecule is CCCC(=O)NCc1ccc(C2=NOC(c3cc(Br)cc(C(F)(F)F)c3)C2C(F)(F)F)cc1Cl. The van der Waals surface area contributed by atoms with Crippen LogP contribution in [0.4, 0.5) is 26.3 Å². The highest BCUT2D eigenvalue weighted by atomic mass is 79.9. The first-order valence-corrected chi connectivity index (χ1v) is 11.2. The van der Waals surface area contributed by atoms with Crippen LogP contribution < -0.4 is 5.32 Å². The topological polar surface area (TPSA) is 50.7 Å². The molecule has 0 bridgehead atoms. The number of hydrogen-bond donors (Lipinski definition) is 1. The first-order valence-electron chi connectivity index (χ1n) is 10.0. The Morgan fingerprint density at radius 1 is 1.15 bits per heavy atom. The van der Waals surface area contributed by atoms with Gasteiger partial charge in [-0.1, -0.05) is 51.7 Å². The number of oxime groups is 1. The lowest BCUT2D eigenvalue weighted by molar-refractivity contribution is -0.177. The van der Waals surface area contributed by atoms with Crippen molar-refractivity contribution in [3.8, 4) is 0 Å². The molecule has 2 unspecified atom stereocenters. The van der Waals surface area contributed by atoms with Crippen molar-refractivity contribution in [3.63, 3.8) is 0 Å². The molecule has 34 heavy (non-hydrogen) atoms. The lowest BCUT2D eigenvalue weighted by Crippen LogP contribution is -2.33. The summed E-state index contributed by atoms with van der Waals surface area (Å²) in [5, 5.41) is 6.33. The molecule has 4 nitrogen and oxygen atoms in total. The molecular formula is C22H18BrClF6N2O2. The van der Waals surface area contributed by atoms with Crippen LogP contribution in [0.15, 0.2) is 46.0 Å². The van der Waals surface area contributed by atoms with Crippen molar-refractivity contribution < 1.29 is 36.0 Å². The second-order valence-corrected chi connectivity index (χ2v) is 8.95. The predicted molar refractivity (Wildman–Crippen MR) is 117 cm³/mol. The Morgan fingerprint density at radius 3 is 2.44 bits per heavy atom. The normalized spacial score (nSPS) is 18.4. The predicted octanol–water partition coefficient (Wildman–Crippen LogP) is 7.19. The molecule has 3 rings (SSSR count). The van der Waals surface area contributed by atoms with Crippen molar-refractivity contribution in [2.45, 2.75) is 44.8 Å². The number of carbonyl (C=O) groups is 1. The van der Waals surface area contributed by atoms with Crippen molar-refractivity contribution in [2.24, 2.45) is 11.1 Å². The van der Waals surface area contributed by atoms with Gasteiger partial charge in [0.05, 0.1) is 5.56 Å². The van der Waals surface area contributed by atoms with Gasteiger partial charge in [-0.05, 0) is 41.8 Å². The zero-order valence-electron chi connectivity index (χ0n) is 17.5. The van der Waals surface area contributed by atoms with Gasteiger partial charge in [0.2, 0.25) is 5.91 Å². The summed E-state index contributed by atoms with van der Waals surface area (Å²) >= 11 is 9.13. The van der Waals surface area contributed by atoms with E-state index in [0.717, 1.165) is 12.1 Å². The fourth-order valence-corrected chi connectivity index (χ4v) is 4.24. The first-order chi connectivity index (χ1) is 15.8. The first kappa shape index (κ1) is 26.3. The minimum atomic E-state index is -4.88. The number of amides is 1. The van der Waals surface area contributed by atoms with Crippen LogP contribution in [0, 0.1) is 5.92 Å². The van der Waals surface area contributed by atoms with Crippen LogP contribution >= 0.6 is 27.5 Å². The van der Waals surface area contributed by atoms with Crippen LogP contribution in [0.25, 0.3) is 0 Å². The number of carbonyl (C=O) groups excluding carboxylic acids is 1. The maximum absolute atomic E-state index is 14.1. The van der Waals surface area contributed by atoms with E-state index in [9.17, 15) is 31.1 Å². The molecule has 0 aliphatic carbocycles. The summed E-state index contributed by atoms with van der Waals surface area (Å²) < 4.78 is 81.7. The zero-order chi connectivity index (χ0) is 25.3. The summed E-state index contributed by atoms with van der Waals surface area (Å²) in [6, 6.07) is 6.56. The van der Waals surface area contributed by atoms with E-state index < -0.39 is 35.6 Å². The number of rotatable bonds is 6. The maximum Gasteiger partial charge on any atom is 0.416 e. The van der Waals surface area contributed by atoms with Crippen molar-refractivity contribution in [1.29, 1.82) is 0 Å². The van der Waals surface area contributed by atoms with Crippen molar-refractivity contribution in [1.82, 2.24) is 5.32 Å². The van der Waals surface area contributed by atoms with Gasteiger partial charge in [0.1, 0.15) is 11.6 Å². The molecule has 0 radical (unpaired) electrons. The van der Waals surface area contributed by atoms with Gasteiger partial charge >= 0.3 is 12.4 Å². The molecule has 1 heterocycles. The molecule has 12 heteroatoms. The Morgan fingerprint density at radius 2 is 1.85 bits per heavy atom. The summed E-state index contributed by atoms with van der Waals surface area (Å²) in [6.07, 6.45) is -10.5. The fraction of sp³-hybridized carbons (Fsp3) is 0.364. The van der Waals surface area contributed by atoms with Gasteiger partial charge in [0.25, 0.3) is 0 Å². The summed E-state index contributed by atoms with van der Waals surface area (Å²) in [7, 11) is 0. The monoisotopic (exact) mass is 570 g/mol. The van der Waals surface area contributed by atoms with Crippen molar-refractivity contribution in [2.75, 3.05) is 0 Å². The van der Waals surface area contributed by atoms with Gasteiger partial charge in [0.15, 0.2) is 6.10 Å². The molecule has 2 aromatic rings. The molecular weight excluding hydrogens is 554 g/mol. The number of nitrogens with one attached hydrogen (secondary N) is 1. The smallest absolute Gasteiger partial charge is 0.386 e. The van der Waals surface area contributed by atoms with E-state index in [1.54, 1.807) is 0 Å². The summed E-state index contributed by atoms with van der Waals surface area (Å²) in [4.78, 5) is 16.7. The molecule has 1 amide bonds. The van der Waals surface area contributed by atoms with E-state index in [2.05, 4.69) is 26.4 Å². The minimum absolute atomic E-state index is 0.00417. The third kappa shape index (κ3) is 6.04. The van der Waals surface area contributed by atoms with E-state index in [1.807, 2.05) is 6.92 Å². The maximum atomic E-state index is 14.1. The van der Waals surface area contributed by atoms with E-state index >= 15 is 0 Å². The molecule has 184 valence electrons. The number of benzene rings is 2. The van der Waals surface area contributed by atoms with Crippen LogP contribution in [-0.4, -0.2) is 17.8 Å². The third-order valence-corrected chi connectivity index (χ3v) is 5.90. The number of alkyl halides is 6. The van der Waals surface area contributed by atoms with E-state index in [4.69, 9.17) is 16.4 Å². The third-order valence-electron chi connectivity index (χ3n) is 5.09. The molecule has 1 aliphatic rings. The van der Waals surface area contributed by atoms with Crippen molar-refractivity contribution in [3.05, 3.63) is 68.1 Å². The molecule has 1 N–H and O–H groups in total. The van der Waals surface area contributed by atoms with Gasteiger partial charge in [-0.3, -0.25) is 4.79 Å². The molecule has 1 aliphatic heterocycles. The van der Waals surface area contributed by atoms with Crippen LogP contribution in [0.2, 0.25) is 5.02 Å². The number of nitrogens with zero attached hydrogens (tertiary/aromatic N) is 1. The van der Waals surface area contributed by atoms with Gasteiger partial charge in [-0.15, -0.1) is 0 Å². The molecule has 0 saturated heterocycles. The van der Waals surface area contributed by atoms with E-state index in [-0.39, 0.29) is 33.1 Å². The number of halogens is 8. The van der Waals surface area contributed by atoms with Gasteiger partial charge in [-0.25, -0.2) is 0 Å². The van der Waals surface area contributed by atoms with E-state index in [0.29, 0.717) is 24.5 Å². The van der Waals surface area contributed by atoms with Crippen LogP contribution in [0.5, 0.6) is 0 Å². The van der Waals surface area contributed by atoms with Crippen molar-refractivity contribution >= 4 is 39.1 Å². The highest BCUT2D eigenvalue weighted by molar-refractivity contribution is 9.10. The Balaban J connectivity index is 1.91. The van der Waals surface area contributed by atoms with Gasteiger partial charge < -0.3 is 10.2 Å². The minimum Gasteiger partial charge on any atom is -0.386 e. The second kappa shape index (κ2) is 10.2. The Kier molecular flexibility index (Phi) is 7.86. The van der Waals surface area contributed by atoms with Crippen LogP contribution in [-0.2, 0) is 22.4 Å². The average molecular weight is 572 g/mol. The average Bonchev–Trinajstić information content (AvgIpc) is 3.18. The highest BCUT2D eigenvalue weighted by Crippen LogP contribution is 2.46. The molecule has 2 atom stereocenters. The van der Waals surface area contributed by atoms with Gasteiger partial charge in [-0.2, -0.15) is 26.3 Å². The standard InChI is InChI=1S/C22H18BrClF6N2O2/c1-2-3-17(33)31-10-12-5-4-11(8-16(12)24)19-18(22(28,29)30)20(34-32-19)13-6-14(21(25,26)27)9-15(23)7-13/h4-9,18,20H,2-3,10H2,1H3,(H,31,33). The summed E-state index contributed by atoms with van der Waals surface area (Å²) in [5.41, 5.74) is -1.47. The fourth-order valence-electron chi connectivity index (χ4n) is 3.49. The Hall–Kier alpha value is -2.27. The lowest BCUT2D eigenvalue weighted by atomic mass is 9.87. The summed E-state index contributed by atoms with van der Waals surface area (Å²) in [5.74, 6) is -2.52. The largest absolute Gasteiger partial charge is 0.416 e. The quantitative estimate of drug-likeness (QED) is 0.373. The van der Waals surface area contributed by atoms with Crippen LogP contribution in [0.3, 0.4) is 0 Å². The summed E-state index contributed by atoms with van der Waals surface area (Å²) in [6.45, 7) is 1.93. The zero-order valence-corrected chi connectivity index (χ0v) is 19.9. The van der Waals surface area contributed by atoms with Gasteiger partial charge in [0, 0.05) is 28.0 Å². The van der Waals surface area contributed by atoms with Crippen LogP contribution in [0.1, 0.15) is 48.1 Å². The number of hydrogen-bond acceptors (Lipinski definition) is 3.